The van der Waals surface area contributed by atoms with Gasteiger partial charge < -0.3 is 9.47 Å². The van der Waals surface area contributed by atoms with E-state index in [4.69, 9.17) is 21.1 Å². The zero-order valence-corrected chi connectivity index (χ0v) is 15.4. The van der Waals surface area contributed by atoms with Gasteiger partial charge in [-0.3, -0.25) is 9.80 Å². The summed E-state index contributed by atoms with van der Waals surface area (Å²) in [6.07, 6.45) is 5.23. The fourth-order valence-corrected chi connectivity index (χ4v) is 4.07. The largest absolute Gasteiger partial charge is 0.495 e. The van der Waals surface area contributed by atoms with E-state index in [1.54, 1.807) is 7.11 Å². The molecule has 0 spiro atoms. The van der Waals surface area contributed by atoms with Crippen LogP contribution in [0.25, 0.3) is 0 Å². The number of hydrogen-bond donors (Lipinski definition) is 0. The van der Waals surface area contributed by atoms with Crippen LogP contribution in [0.4, 0.5) is 0 Å². The first kappa shape index (κ1) is 18.0. The van der Waals surface area contributed by atoms with E-state index in [0.717, 1.165) is 38.6 Å². The van der Waals surface area contributed by atoms with Gasteiger partial charge in [0.25, 0.3) is 0 Å². The molecule has 0 radical (unpaired) electrons. The lowest BCUT2D eigenvalue weighted by atomic mass is 9.98. The number of piperidine rings is 1. The summed E-state index contributed by atoms with van der Waals surface area (Å²) in [6, 6.07) is 6.85. The van der Waals surface area contributed by atoms with E-state index in [2.05, 4.69) is 15.9 Å². The van der Waals surface area contributed by atoms with Gasteiger partial charge in [0.2, 0.25) is 0 Å². The summed E-state index contributed by atoms with van der Waals surface area (Å²) >= 11 is 6.28. The van der Waals surface area contributed by atoms with E-state index in [-0.39, 0.29) is 0 Å². The van der Waals surface area contributed by atoms with Gasteiger partial charge in [0.15, 0.2) is 0 Å². The molecule has 0 N–H and O–H groups in total. The first-order valence-electron chi connectivity index (χ1n) is 9.13. The zero-order valence-electron chi connectivity index (χ0n) is 14.7. The monoisotopic (exact) mass is 352 g/mol. The Morgan fingerprint density at radius 2 is 2.04 bits per heavy atom. The normalized spacial score (nSPS) is 23.3. The molecule has 0 bridgehead atoms. The Kier molecular flexibility index (Phi) is 6.78. The van der Waals surface area contributed by atoms with Crippen molar-refractivity contribution in [3.63, 3.8) is 0 Å². The molecule has 0 amide bonds. The number of hydrogen-bond acceptors (Lipinski definition) is 4. The molecule has 0 unspecified atom stereocenters. The van der Waals surface area contributed by atoms with Gasteiger partial charge in [-0.1, -0.05) is 24.1 Å². The highest BCUT2D eigenvalue weighted by Crippen LogP contribution is 2.27. The molecule has 1 aromatic rings. The van der Waals surface area contributed by atoms with Gasteiger partial charge in [-0.15, -0.1) is 0 Å². The van der Waals surface area contributed by atoms with E-state index in [1.807, 2.05) is 12.1 Å². The quantitative estimate of drug-likeness (QED) is 0.783. The topological polar surface area (TPSA) is 24.9 Å². The van der Waals surface area contributed by atoms with Crippen LogP contribution in [0.2, 0.25) is 5.02 Å². The maximum atomic E-state index is 6.28. The summed E-state index contributed by atoms with van der Waals surface area (Å²) in [5.41, 5.74) is 1.28. The molecule has 2 aliphatic heterocycles. The molecule has 24 heavy (non-hydrogen) atoms. The van der Waals surface area contributed by atoms with E-state index >= 15 is 0 Å². The number of morpholine rings is 1. The van der Waals surface area contributed by atoms with Crippen LogP contribution in [-0.2, 0) is 11.3 Å². The van der Waals surface area contributed by atoms with Gasteiger partial charge in [-0.2, -0.15) is 0 Å². The second-order valence-corrected chi connectivity index (χ2v) is 7.24. The van der Waals surface area contributed by atoms with Crippen molar-refractivity contribution >= 4 is 11.6 Å². The summed E-state index contributed by atoms with van der Waals surface area (Å²) in [5.74, 6) is 0.753. The minimum Gasteiger partial charge on any atom is -0.495 e. The number of methoxy groups -OCH3 is 1. The minimum absolute atomic E-state index is 0.683. The van der Waals surface area contributed by atoms with E-state index in [9.17, 15) is 0 Å². The number of halogens is 1. The molecule has 134 valence electrons. The lowest BCUT2D eigenvalue weighted by Gasteiger charge is -2.37. The van der Waals surface area contributed by atoms with Crippen LogP contribution in [0.15, 0.2) is 18.2 Å². The summed E-state index contributed by atoms with van der Waals surface area (Å²) in [5, 5.41) is 0.705. The molecule has 0 aromatic heterocycles. The second kappa shape index (κ2) is 9.04. The van der Waals surface area contributed by atoms with Crippen molar-refractivity contribution in [2.24, 2.45) is 0 Å². The standard InChI is InChI=1S/C19H29ClN2O2/c1-23-19-6-5-16(14-18(19)20)15-22-8-3-2-4-17(22)7-9-21-10-12-24-13-11-21/h5-6,14,17H,2-4,7-13,15H2,1H3/t17-/m1/s1. The van der Waals surface area contributed by atoms with Crippen molar-refractivity contribution in [2.75, 3.05) is 46.5 Å². The van der Waals surface area contributed by atoms with Gasteiger partial charge in [0, 0.05) is 25.7 Å². The van der Waals surface area contributed by atoms with Crippen LogP contribution in [0.5, 0.6) is 5.75 Å². The van der Waals surface area contributed by atoms with Crippen LogP contribution >= 0.6 is 11.6 Å². The average molecular weight is 353 g/mol. The van der Waals surface area contributed by atoms with Crippen LogP contribution < -0.4 is 4.74 Å². The SMILES string of the molecule is COc1ccc(CN2CCCC[C@@H]2CCN2CCOCC2)cc1Cl. The molecular weight excluding hydrogens is 324 g/mol. The number of nitrogens with zero attached hydrogens (tertiary/aromatic N) is 2. The van der Waals surface area contributed by atoms with Gasteiger partial charge in [0.1, 0.15) is 5.75 Å². The van der Waals surface area contributed by atoms with Crippen molar-refractivity contribution in [3.8, 4) is 5.75 Å². The van der Waals surface area contributed by atoms with Crippen molar-refractivity contribution in [1.29, 1.82) is 0 Å². The van der Waals surface area contributed by atoms with Crippen LogP contribution in [0.3, 0.4) is 0 Å². The number of rotatable bonds is 6. The smallest absolute Gasteiger partial charge is 0.137 e. The lowest BCUT2D eigenvalue weighted by molar-refractivity contribution is 0.0302. The van der Waals surface area contributed by atoms with Gasteiger partial charge in [0.05, 0.1) is 25.3 Å². The minimum atomic E-state index is 0.683. The van der Waals surface area contributed by atoms with E-state index in [0.29, 0.717) is 11.1 Å². The third-order valence-corrected chi connectivity index (χ3v) is 5.53. The highest BCUT2D eigenvalue weighted by molar-refractivity contribution is 6.32. The highest BCUT2D eigenvalue weighted by atomic mass is 35.5. The van der Waals surface area contributed by atoms with Crippen molar-refractivity contribution in [3.05, 3.63) is 28.8 Å². The van der Waals surface area contributed by atoms with Crippen LogP contribution in [-0.4, -0.2) is 62.3 Å². The van der Waals surface area contributed by atoms with Gasteiger partial charge in [-0.25, -0.2) is 0 Å². The van der Waals surface area contributed by atoms with Crippen LogP contribution in [0, 0.1) is 0 Å². The van der Waals surface area contributed by atoms with E-state index in [1.165, 1.54) is 44.3 Å². The Morgan fingerprint density at radius 1 is 1.21 bits per heavy atom. The predicted octanol–water partition coefficient (Wildman–Crippen LogP) is 3.43. The predicted molar refractivity (Wildman–Crippen MR) is 97.9 cm³/mol. The molecule has 0 aliphatic carbocycles. The van der Waals surface area contributed by atoms with Gasteiger partial charge in [-0.05, 0) is 50.0 Å². The summed E-state index contributed by atoms with van der Waals surface area (Å²) in [6.45, 7) is 7.31. The zero-order chi connectivity index (χ0) is 16.8. The summed E-state index contributed by atoms with van der Waals surface area (Å²) in [7, 11) is 1.66. The summed E-state index contributed by atoms with van der Waals surface area (Å²) < 4.78 is 10.7. The van der Waals surface area contributed by atoms with Crippen molar-refractivity contribution in [1.82, 2.24) is 9.80 Å². The molecule has 5 heteroatoms. The molecule has 1 aromatic carbocycles. The molecule has 1 atom stereocenters. The maximum Gasteiger partial charge on any atom is 0.137 e. The molecule has 2 aliphatic rings. The third-order valence-electron chi connectivity index (χ3n) is 5.23. The van der Waals surface area contributed by atoms with Gasteiger partial charge >= 0.3 is 0 Å². The third kappa shape index (κ3) is 4.85. The number of benzene rings is 1. The maximum absolute atomic E-state index is 6.28. The fourth-order valence-electron chi connectivity index (χ4n) is 3.79. The molecular formula is C19H29ClN2O2. The number of ether oxygens (including phenoxy) is 2. The Balaban J connectivity index is 1.56. The summed E-state index contributed by atoms with van der Waals surface area (Å²) in [4.78, 5) is 5.18. The Labute approximate surface area is 150 Å². The molecule has 2 saturated heterocycles. The average Bonchev–Trinajstić information content (AvgIpc) is 2.62. The second-order valence-electron chi connectivity index (χ2n) is 6.83. The lowest BCUT2D eigenvalue weighted by Crippen LogP contribution is -2.43. The van der Waals surface area contributed by atoms with E-state index < -0.39 is 0 Å². The molecule has 2 heterocycles. The molecule has 3 rings (SSSR count). The van der Waals surface area contributed by atoms with Crippen LogP contribution in [0.1, 0.15) is 31.2 Å². The molecule has 0 saturated carbocycles. The molecule has 2 fully saturated rings. The molecule has 4 nitrogen and oxygen atoms in total. The Hall–Kier alpha value is -0.810. The Bertz CT molecular complexity index is 520. The first-order valence-corrected chi connectivity index (χ1v) is 9.50. The highest BCUT2D eigenvalue weighted by Gasteiger charge is 2.23. The fraction of sp³-hybridized carbons (Fsp3) is 0.684. The Morgan fingerprint density at radius 3 is 2.79 bits per heavy atom. The number of likely N-dealkylation sites (tertiary alicyclic amines) is 1. The van der Waals surface area contributed by atoms with Crippen molar-refractivity contribution < 1.29 is 9.47 Å². The van der Waals surface area contributed by atoms with Crippen molar-refractivity contribution in [2.45, 2.75) is 38.3 Å². The first-order chi connectivity index (χ1) is 11.8.